The Morgan fingerprint density at radius 2 is 1.88 bits per heavy atom. The van der Waals surface area contributed by atoms with Gasteiger partial charge in [-0.25, -0.2) is 0 Å². The monoisotopic (exact) mass is 455 g/mol. The number of carbonyl (C=O) groups excluding carboxylic acids is 2. The lowest BCUT2D eigenvalue weighted by Crippen LogP contribution is -2.48. The van der Waals surface area contributed by atoms with E-state index in [1.54, 1.807) is 49.3 Å². The van der Waals surface area contributed by atoms with Crippen LogP contribution < -0.4 is 24.4 Å². The molecule has 2 aliphatic rings. The minimum Gasteiger partial charge on any atom is -0.493 e. The minimum absolute atomic E-state index is 0.0984. The van der Waals surface area contributed by atoms with Gasteiger partial charge >= 0.3 is 0 Å². The van der Waals surface area contributed by atoms with Crippen molar-refractivity contribution in [1.29, 1.82) is 0 Å². The van der Waals surface area contributed by atoms with E-state index in [9.17, 15) is 9.59 Å². The zero-order valence-electron chi connectivity index (χ0n) is 18.9. The van der Waals surface area contributed by atoms with Crippen LogP contribution in [-0.4, -0.2) is 75.9 Å². The molecule has 1 atom stereocenters. The van der Waals surface area contributed by atoms with Crippen LogP contribution in [-0.2, 0) is 14.3 Å². The van der Waals surface area contributed by atoms with E-state index >= 15 is 0 Å². The standard InChI is InChI=1S/C24H29N3O6/c1-17-24(29)27(10-9-26-11-13-31-14-12-26)19-15-18(7-8-20(19)33-17)25-23(28)16-32-22-6-4-3-5-21(22)30-2/h3-8,15,17H,9-14,16H2,1-2H3,(H,25,28). The Morgan fingerprint density at radius 1 is 1.12 bits per heavy atom. The van der Waals surface area contributed by atoms with Gasteiger partial charge < -0.3 is 29.2 Å². The lowest BCUT2D eigenvalue weighted by molar-refractivity contribution is -0.125. The van der Waals surface area contributed by atoms with Crippen LogP contribution in [0.5, 0.6) is 17.2 Å². The average molecular weight is 456 g/mol. The molecule has 0 bridgehead atoms. The predicted molar refractivity (Wildman–Crippen MR) is 123 cm³/mol. The number of para-hydroxylation sites is 2. The summed E-state index contributed by atoms with van der Waals surface area (Å²) < 4.78 is 22.0. The molecule has 2 heterocycles. The second kappa shape index (κ2) is 10.5. The lowest BCUT2D eigenvalue weighted by atomic mass is 10.1. The molecule has 2 aromatic carbocycles. The average Bonchev–Trinajstić information content (AvgIpc) is 2.84. The molecule has 2 amide bonds. The fourth-order valence-corrected chi connectivity index (χ4v) is 3.86. The van der Waals surface area contributed by atoms with Crippen LogP contribution in [0.15, 0.2) is 42.5 Å². The first-order valence-electron chi connectivity index (χ1n) is 11.0. The van der Waals surface area contributed by atoms with Crippen molar-refractivity contribution in [1.82, 2.24) is 4.90 Å². The molecule has 9 nitrogen and oxygen atoms in total. The molecule has 0 aliphatic carbocycles. The number of morpholine rings is 1. The number of amides is 2. The maximum absolute atomic E-state index is 12.9. The molecule has 1 fully saturated rings. The van der Waals surface area contributed by atoms with Gasteiger partial charge in [-0.2, -0.15) is 0 Å². The Balaban J connectivity index is 1.42. The van der Waals surface area contributed by atoms with Gasteiger partial charge in [-0.05, 0) is 37.3 Å². The normalized spacial score (nSPS) is 18.3. The molecule has 1 saturated heterocycles. The van der Waals surface area contributed by atoms with Gasteiger partial charge in [0.15, 0.2) is 24.2 Å². The smallest absolute Gasteiger partial charge is 0.267 e. The first-order chi connectivity index (χ1) is 16.0. The van der Waals surface area contributed by atoms with Gasteiger partial charge in [-0.3, -0.25) is 14.5 Å². The number of hydrogen-bond donors (Lipinski definition) is 1. The molecule has 4 rings (SSSR count). The van der Waals surface area contributed by atoms with Crippen molar-refractivity contribution in [3.8, 4) is 17.2 Å². The molecular weight excluding hydrogens is 426 g/mol. The van der Waals surface area contributed by atoms with Crippen molar-refractivity contribution in [2.75, 3.05) is 63.3 Å². The number of ether oxygens (including phenoxy) is 4. The van der Waals surface area contributed by atoms with Crippen LogP contribution in [0.3, 0.4) is 0 Å². The van der Waals surface area contributed by atoms with Gasteiger partial charge in [-0.15, -0.1) is 0 Å². The van der Waals surface area contributed by atoms with Gasteiger partial charge in [0.25, 0.3) is 11.8 Å². The molecule has 2 aromatic rings. The van der Waals surface area contributed by atoms with E-state index in [0.717, 1.165) is 19.6 Å². The van der Waals surface area contributed by atoms with Crippen LogP contribution in [0.1, 0.15) is 6.92 Å². The van der Waals surface area contributed by atoms with Crippen LogP contribution in [0, 0.1) is 0 Å². The number of carbonyl (C=O) groups is 2. The lowest BCUT2D eigenvalue weighted by Gasteiger charge is -2.35. The van der Waals surface area contributed by atoms with Crippen molar-refractivity contribution >= 4 is 23.2 Å². The van der Waals surface area contributed by atoms with E-state index in [0.29, 0.717) is 48.4 Å². The van der Waals surface area contributed by atoms with Gasteiger partial charge in [0, 0.05) is 31.9 Å². The highest BCUT2D eigenvalue weighted by Crippen LogP contribution is 2.36. The van der Waals surface area contributed by atoms with Gasteiger partial charge in [0.2, 0.25) is 0 Å². The molecule has 0 aromatic heterocycles. The fourth-order valence-electron chi connectivity index (χ4n) is 3.86. The van der Waals surface area contributed by atoms with Gasteiger partial charge in [0.1, 0.15) is 5.75 Å². The maximum atomic E-state index is 12.9. The SMILES string of the molecule is COc1ccccc1OCC(=O)Nc1ccc2c(c1)N(CCN1CCOCC1)C(=O)C(C)O2. The number of benzene rings is 2. The van der Waals surface area contributed by atoms with Crippen LogP contribution >= 0.6 is 0 Å². The van der Waals surface area contributed by atoms with Crippen molar-refractivity contribution in [3.05, 3.63) is 42.5 Å². The Morgan fingerprint density at radius 3 is 2.64 bits per heavy atom. The Kier molecular flexibility index (Phi) is 7.31. The summed E-state index contributed by atoms with van der Waals surface area (Å²) in [6, 6.07) is 12.4. The molecule has 33 heavy (non-hydrogen) atoms. The third-order valence-corrected chi connectivity index (χ3v) is 5.62. The third kappa shape index (κ3) is 5.55. The molecule has 176 valence electrons. The summed E-state index contributed by atoms with van der Waals surface area (Å²) in [5.41, 5.74) is 1.21. The van der Waals surface area contributed by atoms with Crippen molar-refractivity contribution in [3.63, 3.8) is 0 Å². The number of hydrogen-bond acceptors (Lipinski definition) is 7. The van der Waals surface area contributed by atoms with Crippen LogP contribution in [0.2, 0.25) is 0 Å². The fraction of sp³-hybridized carbons (Fsp3) is 0.417. The molecule has 9 heteroatoms. The highest BCUT2D eigenvalue weighted by molar-refractivity contribution is 6.01. The number of rotatable bonds is 8. The maximum Gasteiger partial charge on any atom is 0.267 e. The molecule has 0 saturated carbocycles. The Bertz CT molecular complexity index is 992. The number of nitrogens with one attached hydrogen (secondary N) is 1. The highest BCUT2D eigenvalue weighted by atomic mass is 16.5. The van der Waals surface area contributed by atoms with E-state index < -0.39 is 6.10 Å². The summed E-state index contributed by atoms with van der Waals surface area (Å²) in [4.78, 5) is 29.3. The topological polar surface area (TPSA) is 89.6 Å². The van der Waals surface area contributed by atoms with Crippen LogP contribution in [0.25, 0.3) is 0 Å². The highest BCUT2D eigenvalue weighted by Gasteiger charge is 2.32. The van der Waals surface area contributed by atoms with E-state index in [1.165, 1.54) is 0 Å². The first kappa shape index (κ1) is 22.9. The molecule has 1 unspecified atom stereocenters. The Labute approximate surface area is 193 Å². The van der Waals surface area contributed by atoms with Crippen molar-refractivity contribution in [2.45, 2.75) is 13.0 Å². The second-order valence-corrected chi connectivity index (χ2v) is 7.87. The molecule has 2 aliphatic heterocycles. The first-order valence-corrected chi connectivity index (χ1v) is 11.0. The number of methoxy groups -OCH3 is 1. The molecule has 0 spiro atoms. The van der Waals surface area contributed by atoms with Gasteiger partial charge in [-0.1, -0.05) is 12.1 Å². The number of nitrogens with zero attached hydrogens (tertiary/aromatic N) is 2. The number of anilines is 2. The zero-order valence-corrected chi connectivity index (χ0v) is 18.9. The summed E-state index contributed by atoms with van der Waals surface area (Å²) in [6.45, 7) is 5.96. The van der Waals surface area contributed by atoms with E-state index in [4.69, 9.17) is 18.9 Å². The summed E-state index contributed by atoms with van der Waals surface area (Å²) in [6.07, 6.45) is -0.558. The quantitative estimate of drug-likeness (QED) is 0.652. The van der Waals surface area contributed by atoms with Gasteiger partial charge in [0.05, 0.1) is 26.0 Å². The summed E-state index contributed by atoms with van der Waals surface area (Å²) in [5.74, 6) is 1.24. The zero-order chi connectivity index (χ0) is 23.2. The largest absolute Gasteiger partial charge is 0.493 e. The van der Waals surface area contributed by atoms with E-state index in [-0.39, 0.29) is 18.4 Å². The minimum atomic E-state index is -0.558. The Hall–Kier alpha value is -3.30. The summed E-state index contributed by atoms with van der Waals surface area (Å²) >= 11 is 0. The second-order valence-electron chi connectivity index (χ2n) is 7.87. The molecular formula is C24H29N3O6. The molecule has 0 radical (unpaired) electrons. The summed E-state index contributed by atoms with van der Waals surface area (Å²) in [7, 11) is 1.55. The van der Waals surface area contributed by atoms with E-state index in [2.05, 4.69) is 10.2 Å². The van der Waals surface area contributed by atoms with Crippen molar-refractivity contribution in [2.24, 2.45) is 0 Å². The third-order valence-electron chi connectivity index (χ3n) is 5.62. The summed E-state index contributed by atoms with van der Waals surface area (Å²) in [5, 5.41) is 2.83. The molecule has 1 N–H and O–H groups in total. The van der Waals surface area contributed by atoms with Crippen LogP contribution in [0.4, 0.5) is 11.4 Å². The number of fused-ring (bicyclic) bond motifs is 1. The van der Waals surface area contributed by atoms with Crippen molar-refractivity contribution < 1.29 is 28.5 Å². The van der Waals surface area contributed by atoms with E-state index in [1.807, 2.05) is 12.1 Å². The predicted octanol–water partition coefficient (Wildman–Crippen LogP) is 2.16.